The summed E-state index contributed by atoms with van der Waals surface area (Å²) in [5.41, 5.74) is 4.34. The van der Waals surface area contributed by atoms with Crippen molar-refractivity contribution in [2.45, 2.75) is 13.3 Å². The molecule has 4 nitrogen and oxygen atoms in total. The van der Waals surface area contributed by atoms with Crippen molar-refractivity contribution in [3.05, 3.63) is 76.5 Å². The fourth-order valence-electron chi connectivity index (χ4n) is 2.89. The molecular weight excluding hydrogens is 378 g/mol. The third kappa shape index (κ3) is 3.99. The van der Waals surface area contributed by atoms with Crippen LogP contribution in [0.15, 0.2) is 60.8 Å². The Morgan fingerprint density at radius 3 is 2.74 bits per heavy atom. The molecule has 0 bridgehead atoms. The van der Waals surface area contributed by atoms with Gasteiger partial charge in [-0.05, 0) is 36.2 Å². The molecule has 1 amide bonds. The molecule has 2 aromatic carbocycles. The molecule has 0 aliphatic heterocycles. The van der Waals surface area contributed by atoms with Crippen LogP contribution >= 0.6 is 22.9 Å². The highest BCUT2D eigenvalue weighted by atomic mass is 35.5. The summed E-state index contributed by atoms with van der Waals surface area (Å²) >= 11 is 7.85. The van der Waals surface area contributed by atoms with Crippen LogP contribution in [-0.2, 0) is 11.2 Å². The minimum absolute atomic E-state index is 0.129. The summed E-state index contributed by atoms with van der Waals surface area (Å²) < 4.78 is 1.12. The Balaban J connectivity index is 1.59. The van der Waals surface area contributed by atoms with Gasteiger partial charge in [-0.2, -0.15) is 0 Å². The Bertz CT molecular complexity index is 1120. The van der Waals surface area contributed by atoms with E-state index in [1.54, 1.807) is 17.5 Å². The van der Waals surface area contributed by atoms with E-state index >= 15 is 0 Å². The summed E-state index contributed by atoms with van der Waals surface area (Å²) in [5.74, 6) is -0.129. The molecule has 0 spiro atoms. The Morgan fingerprint density at radius 1 is 1.11 bits per heavy atom. The van der Waals surface area contributed by atoms with Crippen LogP contribution < -0.4 is 5.32 Å². The number of nitrogens with one attached hydrogen (secondary N) is 1. The average Bonchev–Trinajstić information content (AvgIpc) is 3.03. The number of anilines is 1. The second-order valence-electron chi connectivity index (χ2n) is 6.19. The molecule has 0 saturated heterocycles. The Hall–Kier alpha value is -2.76. The van der Waals surface area contributed by atoms with E-state index in [0.29, 0.717) is 5.69 Å². The van der Waals surface area contributed by atoms with Crippen molar-refractivity contribution in [3.8, 4) is 11.1 Å². The lowest BCUT2D eigenvalue weighted by Gasteiger charge is -2.09. The number of thiazole rings is 1. The monoisotopic (exact) mass is 393 g/mol. The molecule has 6 heteroatoms. The van der Waals surface area contributed by atoms with E-state index in [1.165, 1.54) is 0 Å². The zero-order valence-electron chi connectivity index (χ0n) is 14.6. The number of pyridine rings is 1. The first-order valence-corrected chi connectivity index (χ1v) is 9.65. The van der Waals surface area contributed by atoms with Crippen molar-refractivity contribution in [1.29, 1.82) is 0 Å². The van der Waals surface area contributed by atoms with Gasteiger partial charge in [0.05, 0.1) is 27.3 Å². The number of fused-ring (bicyclic) bond motifs is 1. The Morgan fingerprint density at radius 2 is 1.93 bits per heavy atom. The molecule has 4 rings (SSSR count). The van der Waals surface area contributed by atoms with Crippen molar-refractivity contribution in [2.75, 3.05) is 5.32 Å². The van der Waals surface area contributed by atoms with Crippen LogP contribution in [-0.4, -0.2) is 15.9 Å². The van der Waals surface area contributed by atoms with Crippen molar-refractivity contribution in [3.63, 3.8) is 0 Å². The van der Waals surface area contributed by atoms with Crippen molar-refractivity contribution >= 4 is 44.7 Å². The number of carbonyl (C=O) groups excluding carboxylic acids is 1. The highest BCUT2D eigenvalue weighted by Gasteiger charge is 2.11. The van der Waals surface area contributed by atoms with Crippen LogP contribution in [0.2, 0.25) is 5.15 Å². The minimum atomic E-state index is -0.129. The molecule has 0 atom stereocenters. The third-order valence-corrected chi connectivity index (χ3v) is 5.38. The van der Waals surface area contributed by atoms with Crippen LogP contribution in [0.5, 0.6) is 0 Å². The number of hydrogen-bond donors (Lipinski definition) is 1. The quantitative estimate of drug-likeness (QED) is 0.465. The first-order chi connectivity index (χ1) is 13.1. The maximum Gasteiger partial charge on any atom is 0.228 e. The lowest BCUT2D eigenvalue weighted by molar-refractivity contribution is -0.115. The van der Waals surface area contributed by atoms with Gasteiger partial charge in [-0.3, -0.25) is 4.79 Å². The zero-order chi connectivity index (χ0) is 18.8. The van der Waals surface area contributed by atoms with E-state index in [1.807, 2.05) is 55.5 Å². The number of carbonyl (C=O) groups is 1. The molecule has 0 fully saturated rings. The van der Waals surface area contributed by atoms with E-state index in [4.69, 9.17) is 11.6 Å². The second kappa shape index (κ2) is 7.47. The Kier molecular flexibility index (Phi) is 4.88. The van der Waals surface area contributed by atoms with Crippen LogP contribution in [0.3, 0.4) is 0 Å². The first-order valence-electron chi connectivity index (χ1n) is 8.45. The fraction of sp³-hybridized carbons (Fsp3) is 0.0952. The number of hydrogen-bond acceptors (Lipinski definition) is 4. The van der Waals surface area contributed by atoms with Crippen LogP contribution in [0.4, 0.5) is 5.69 Å². The second-order valence-corrected chi connectivity index (χ2v) is 7.78. The normalized spacial score (nSPS) is 10.9. The lowest BCUT2D eigenvalue weighted by atomic mass is 10.1. The standard InChI is InChI=1S/C21H16ClN3OS/c1-13-24-17-8-7-15(11-19(17)27-13)16-10-18(21(22)23-12-16)25-20(26)9-14-5-3-2-4-6-14/h2-8,10-12H,9H2,1H3,(H,25,26). The van der Waals surface area contributed by atoms with Crippen molar-refractivity contribution in [2.24, 2.45) is 0 Å². The topological polar surface area (TPSA) is 54.9 Å². The predicted octanol–water partition coefficient (Wildman–Crippen LogP) is 5.50. The van der Waals surface area contributed by atoms with Gasteiger partial charge in [0.15, 0.2) is 5.15 Å². The van der Waals surface area contributed by atoms with Gasteiger partial charge < -0.3 is 5.32 Å². The van der Waals surface area contributed by atoms with E-state index in [-0.39, 0.29) is 17.5 Å². The summed E-state index contributed by atoms with van der Waals surface area (Å²) in [4.78, 5) is 21.1. The molecule has 0 aliphatic rings. The van der Waals surface area contributed by atoms with Crippen LogP contribution in [0, 0.1) is 6.92 Å². The smallest absolute Gasteiger partial charge is 0.228 e. The molecule has 2 aromatic heterocycles. The summed E-state index contributed by atoms with van der Waals surface area (Å²) in [6.07, 6.45) is 2.00. The third-order valence-electron chi connectivity index (χ3n) is 4.15. The molecule has 0 radical (unpaired) electrons. The minimum Gasteiger partial charge on any atom is -0.323 e. The number of nitrogens with zero attached hydrogens (tertiary/aromatic N) is 2. The maximum atomic E-state index is 12.4. The molecule has 4 aromatic rings. The zero-order valence-corrected chi connectivity index (χ0v) is 16.1. The molecule has 0 aliphatic carbocycles. The van der Waals surface area contributed by atoms with Gasteiger partial charge in [-0.1, -0.05) is 48.0 Å². The van der Waals surface area contributed by atoms with E-state index in [9.17, 15) is 4.79 Å². The van der Waals surface area contributed by atoms with Gasteiger partial charge in [0, 0.05) is 11.8 Å². The molecule has 27 heavy (non-hydrogen) atoms. The summed E-state index contributed by atoms with van der Waals surface area (Å²) in [7, 11) is 0. The number of benzene rings is 2. The summed E-state index contributed by atoms with van der Waals surface area (Å²) in [6, 6.07) is 17.5. The van der Waals surface area contributed by atoms with Gasteiger partial charge in [-0.25, -0.2) is 9.97 Å². The van der Waals surface area contributed by atoms with E-state index < -0.39 is 0 Å². The van der Waals surface area contributed by atoms with E-state index in [2.05, 4.69) is 21.4 Å². The average molecular weight is 394 g/mol. The van der Waals surface area contributed by atoms with Crippen LogP contribution in [0.1, 0.15) is 10.6 Å². The number of rotatable bonds is 4. The van der Waals surface area contributed by atoms with Gasteiger partial charge in [0.2, 0.25) is 5.91 Å². The maximum absolute atomic E-state index is 12.4. The predicted molar refractivity (Wildman–Crippen MR) is 111 cm³/mol. The summed E-state index contributed by atoms with van der Waals surface area (Å²) in [5, 5.41) is 4.17. The highest BCUT2D eigenvalue weighted by Crippen LogP contribution is 2.31. The molecule has 1 N–H and O–H groups in total. The van der Waals surface area contributed by atoms with Gasteiger partial charge in [-0.15, -0.1) is 11.3 Å². The van der Waals surface area contributed by atoms with Crippen LogP contribution in [0.25, 0.3) is 21.3 Å². The summed E-state index contributed by atoms with van der Waals surface area (Å²) in [6.45, 7) is 1.99. The van der Waals surface area contributed by atoms with Crippen molar-refractivity contribution in [1.82, 2.24) is 9.97 Å². The number of aryl methyl sites for hydroxylation is 1. The first kappa shape index (κ1) is 17.6. The van der Waals surface area contributed by atoms with Gasteiger partial charge in [0.1, 0.15) is 0 Å². The largest absolute Gasteiger partial charge is 0.323 e. The molecule has 134 valence electrons. The number of aromatic nitrogens is 2. The van der Waals surface area contributed by atoms with Gasteiger partial charge >= 0.3 is 0 Å². The lowest BCUT2D eigenvalue weighted by Crippen LogP contribution is -2.15. The molecule has 2 heterocycles. The fourth-order valence-corrected chi connectivity index (χ4v) is 3.91. The van der Waals surface area contributed by atoms with Crippen molar-refractivity contribution < 1.29 is 4.79 Å². The number of halogens is 1. The van der Waals surface area contributed by atoms with E-state index in [0.717, 1.165) is 31.9 Å². The number of amides is 1. The van der Waals surface area contributed by atoms with Gasteiger partial charge in [0.25, 0.3) is 0 Å². The molecular formula is C21H16ClN3OS. The Labute approximate surface area is 165 Å². The molecule has 0 unspecified atom stereocenters. The highest BCUT2D eigenvalue weighted by molar-refractivity contribution is 7.18. The molecule has 0 saturated carbocycles. The SMILES string of the molecule is Cc1nc2ccc(-c3cnc(Cl)c(NC(=O)Cc4ccccc4)c3)cc2s1.